The van der Waals surface area contributed by atoms with Crippen LogP contribution in [0.25, 0.3) is 0 Å². The highest BCUT2D eigenvalue weighted by molar-refractivity contribution is 6.32. The zero-order chi connectivity index (χ0) is 12.8. The van der Waals surface area contributed by atoms with Gasteiger partial charge in [-0.3, -0.25) is 0 Å². The van der Waals surface area contributed by atoms with Crippen LogP contribution in [0, 0.1) is 5.82 Å². The van der Waals surface area contributed by atoms with Crippen LogP contribution in [-0.2, 0) is 9.53 Å². The number of hydrogen-bond donors (Lipinski definition) is 0. The van der Waals surface area contributed by atoms with E-state index < -0.39 is 11.8 Å². The van der Waals surface area contributed by atoms with Gasteiger partial charge in [0.15, 0.2) is 11.6 Å². The number of halogens is 2. The largest absolute Gasteiger partial charge is 0.484 e. The first-order valence-electron chi connectivity index (χ1n) is 4.98. The lowest BCUT2D eigenvalue weighted by atomic mass is 10.3. The molecule has 0 amide bonds. The lowest BCUT2D eigenvalue weighted by Crippen LogP contribution is -2.13. The minimum Gasteiger partial charge on any atom is -0.484 e. The molecular weight excluding hydrogens is 247 g/mol. The third kappa shape index (κ3) is 3.75. The molecule has 17 heavy (non-hydrogen) atoms. The Bertz CT molecular complexity index is 412. The summed E-state index contributed by atoms with van der Waals surface area (Å²) < 4.78 is 23.1. The van der Waals surface area contributed by atoms with E-state index in [4.69, 9.17) is 21.1 Å². The molecule has 0 heterocycles. The van der Waals surface area contributed by atoms with Crippen molar-refractivity contribution in [2.45, 2.75) is 6.92 Å². The first-order valence-corrected chi connectivity index (χ1v) is 5.35. The minimum atomic E-state index is -0.589. The Kier molecular flexibility index (Phi) is 4.97. The molecule has 0 aliphatic heterocycles. The second-order valence-electron chi connectivity index (χ2n) is 3.16. The lowest BCUT2D eigenvalue weighted by Gasteiger charge is -2.09. The van der Waals surface area contributed by atoms with Crippen LogP contribution < -0.4 is 4.74 Å². The molecule has 0 fully saturated rings. The number of benzene rings is 1. The second kappa shape index (κ2) is 6.25. The Morgan fingerprint density at radius 2 is 2.24 bits per heavy atom. The fourth-order valence-corrected chi connectivity index (χ4v) is 1.29. The molecule has 0 unspecified atom stereocenters. The molecule has 0 aliphatic rings. The highest BCUT2D eigenvalue weighted by Crippen LogP contribution is 2.27. The SMILES string of the molecule is C=C(COc1c(F)cccc1Cl)C(=O)OCC. The van der Waals surface area contributed by atoms with E-state index in [2.05, 4.69) is 6.58 Å². The van der Waals surface area contributed by atoms with Crippen LogP contribution in [-0.4, -0.2) is 19.2 Å². The van der Waals surface area contributed by atoms with Gasteiger partial charge in [-0.1, -0.05) is 24.2 Å². The zero-order valence-electron chi connectivity index (χ0n) is 9.33. The quantitative estimate of drug-likeness (QED) is 0.602. The minimum absolute atomic E-state index is 0.0976. The van der Waals surface area contributed by atoms with Gasteiger partial charge in [0.25, 0.3) is 0 Å². The van der Waals surface area contributed by atoms with E-state index in [0.29, 0.717) is 0 Å². The molecule has 5 heteroatoms. The van der Waals surface area contributed by atoms with Gasteiger partial charge in [-0.25, -0.2) is 9.18 Å². The Morgan fingerprint density at radius 1 is 1.53 bits per heavy atom. The van der Waals surface area contributed by atoms with E-state index >= 15 is 0 Å². The zero-order valence-corrected chi connectivity index (χ0v) is 10.1. The van der Waals surface area contributed by atoms with Gasteiger partial charge < -0.3 is 9.47 Å². The maximum Gasteiger partial charge on any atom is 0.336 e. The van der Waals surface area contributed by atoms with Crippen LogP contribution in [0.4, 0.5) is 4.39 Å². The van der Waals surface area contributed by atoms with Crippen molar-refractivity contribution in [3.8, 4) is 5.75 Å². The normalized spacial score (nSPS) is 9.82. The van der Waals surface area contributed by atoms with Gasteiger partial charge in [0.1, 0.15) is 6.61 Å². The van der Waals surface area contributed by atoms with Crippen LogP contribution in [0.15, 0.2) is 30.4 Å². The molecule has 0 radical (unpaired) electrons. The highest BCUT2D eigenvalue weighted by Gasteiger charge is 2.12. The Labute approximate surface area is 104 Å². The standard InChI is InChI=1S/C12H12ClFO3/c1-3-16-12(15)8(2)7-17-11-9(13)5-4-6-10(11)14/h4-6H,2-3,7H2,1H3. The molecule has 1 aromatic rings. The molecule has 0 saturated heterocycles. The smallest absolute Gasteiger partial charge is 0.336 e. The highest BCUT2D eigenvalue weighted by atomic mass is 35.5. The fourth-order valence-electron chi connectivity index (χ4n) is 1.07. The molecule has 0 saturated carbocycles. The Balaban J connectivity index is 2.62. The van der Waals surface area contributed by atoms with E-state index in [1.54, 1.807) is 6.92 Å². The van der Waals surface area contributed by atoms with E-state index in [1.807, 2.05) is 0 Å². The summed E-state index contributed by atoms with van der Waals surface area (Å²) in [6.45, 7) is 5.24. The van der Waals surface area contributed by atoms with E-state index in [-0.39, 0.29) is 29.6 Å². The summed E-state index contributed by atoms with van der Waals surface area (Å²) in [6, 6.07) is 4.17. The average molecular weight is 259 g/mol. The molecular formula is C12H12ClFO3. The summed E-state index contributed by atoms with van der Waals surface area (Å²) in [5.74, 6) is -1.26. The monoisotopic (exact) mass is 258 g/mol. The van der Waals surface area contributed by atoms with Crippen molar-refractivity contribution >= 4 is 17.6 Å². The summed E-state index contributed by atoms with van der Waals surface area (Å²) in [4.78, 5) is 11.2. The second-order valence-corrected chi connectivity index (χ2v) is 3.57. The Morgan fingerprint density at radius 3 is 2.82 bits per heavy atom. The summed E-state index contributed by atoms with van der Waals surface area (Å²) in [5, 5.41) is 0.140. The van der Waals surface area contributed by atoms with Gasteiger partial charge in [0, 0.05) is 0 Å². The third-order valence-corrected chi connectivity index (χ3v) is 2.17. The third-order valence-electron chi connectivity index (χ3n) is 1.87. The van der Waals surface area contributed by atoms with Gasteiger partial charge >= 0.3 is 5.97 Å². The van der Waals surface area contributed by atoms with Crippen LogP contribution in [0.2, 0.25) is 5.02 Å². The lowest BCUT2D eigenvalue weighted by molar-refractivity contribution is -0.138. The molecule has 0 spiro atoms. The van der Waals surface area contributed by atoms with Crippen molar-refractivity contribution in [2.75, 3.05) is 13.2 Å². The van der Waals surface area contributed by atoms with Gasteiger partial charge in [0.05, 0.1) is 17.2 Å². The van der Waals surface area contributed by atoms with Crippen molar-refractivity contribution < 1.29 is 18.7 Å². The number of ether oxygens (including phenoxy) is 2. The van der Waals surface area contributed by atoms with E-state index in [0.717, 1.165) is 0 Å². The predicted octanol–water partition coefficient (Wildman–Crippen LogP) is 2.98. The van der Waals surface area contributed by atoms with Crippen molar-refractivity contribution in [3.05, 3.63) is 41.2 Å². The molecule has 92 valence electrons. The molecule has 0 atom stereocenters. The maximum absolute atomic E-state index is 13.3. The number of carbonyl (C=O) groups excluding carboxylic acids is 1. The van der Waals surface area contributed by atoms with Gasteiger partial charge in [-0.2, -0.15) is 0 Å². The van der Waals surface area contributed by atoms with Gasteiger partial charge in [0.2, 0.25) is 0 Å². The van der Waals surface area contributed by atoms with E-state index in [9.17, 15) is 9.18 Å². The predicted molar refractivity (Wildman–Crippen MR) is 62.7 cm³/mol. The summed E-state index contributed by atoms with van der Waals surface area (Å²) >= 11 is 5.74. The van der Waals surface area contributed by atoms with Crippen LogP contribution >= 0.6 is 11.6 Å². The molecule has 0 aliphatic carbocycles. The number of carbonyl (C=O) groups is 1. The number of esters is 1. The first kappa shape index (κ1) is 13.5. The first-order chi connectivity index (χ1) is 8.06. The van der Waals surface area contributed by atoms with E-state index in [1.165, 1.54) is 18.2 Å². The van der Waals surface area contributed by atoms with Gasteiger partial charge in [-0.05, 0) is 19.1 Å². The number of hydrogen-bond acceptors (Lipinski definition) is 3. The maximum atomic E-state index is 13.3. The Hall–Kier alpha value is -1.55. The number of rotatable bonds is 5. The molecule has 0 N–H and O–H groups in total. The van der Waals surface area contributed by atoms with Crippen LogP contribution in [0.3, 0.4) is 0 Å². The average Bonchev–Trinajstić information content (AvgIpc) is 2.28. The van der Waals surface area contributed by atoms with Crippen molar-refractivity contribution in [2.24, 2.45) is 0 Å². The van der Waals surface area contributed by atoms with Crippen molar-refractivity contribution in [3.63, 3.8) is 0 Å². The summed E-state index contributed by atoms with van der Waals surface area (Å²) in [7, 11) is 0. The van der Waals surface area contributed by atoms with Gasteiger partial charge in [-0.15, -0.1) is 0 Å². The van der Waals surface area contributed by atoms with Crippen LogP contribution in [0.5, 0.6) is 5.75 Å². The molecule has 3 nitrogen and oxygen atoms in total. The number of para-hydroxylation sites is 1. The summed E-state index contributed by atoms with van der Waals surface area (Å²) in [6.07, 6.45) is 0. The fraction of sp³-hybridized carbons (Fsp3) is 0.250. The van der Waals surface area contributed by atoms with Crippen LogP contribution in [0.1, 0.15) is 6.92 Å². The molecule has 0 bridgehead atoms. The topological polar surface area (TPSA) is 35.5 Å². The molecule has 0 aromatic heterocycles. The molecule has 1 rings (SSSR count). The molecule has 1 aromatic carbocycles. The van der Waals surface area contributed by atoms with Crippen molar-refractivity contribution in [1.29, 1.82) is 0 Å². The summed E-state index contributed by atoms with van der Waals surface area (Å²) in [5.41, 5.74) is 0.103. The van der Waals surface area contributed by atoms with Crippen molar-refractivity contribution in [1.82, 2.24) is 0 Å².